The molecule has 1 aliphatic carbocycles. The zero-order valence-corrected chi connectivity index (χ0v) is 14.0. The zero-order valence-electron chi connectivity index (χ0n) is 14.0. The van der Waals surface area contributed by atoms with Gasteiger partial charge in [0.05, 0.1) is 16.7 Å². The third-order valence-electron chi connectivity index (χ3n) is 4.13. The van der Waals surface area contributed by atoms with E-state index in [4.69, 9.17) is 0 Å². The van der Waals surface area contributed by atoms with Gasteiger partial charge >= 0.3 is 18.3 Å². The molecule has 150 valence electrons. The van der Waals surface area contributed by atoms with Gasteiger partial charge in [-0.1, -0.05) is 19.3 Å². The molecule has 1 aromatic carbocycles. The summed E-state index contributed by atoms with van der Waals surface area (Å²) in [5.41, 5.74) is -4.19. The van der Waals surface area contributed by atoms with E-state index in [1.165, 1.54) is 0 Å². The highest BCUT2D eigenvalue weighted by molar-refractivity contribution is 5.91. The predicted molar refractivity (Wildman–Crippen MR) is 81.7 cm³/mol. The van der Waals surface area contributed by atoms with E-state index in [1.54, 1.807) is 0 Å². The van der Waals surface area contributed by atoms with Crippen LogP contribution in [0.2, 0.25) is 0 Å². The Balaban J connectivity index is 2.07. The maximum Gasteiger partial charge on any atom is 0.416 e. The van der Waals surface area contributed by atoms with Gasteiger partial charge in [0.15, 0.2) is 6.61 Å². The van der Waals surface area contributed by atoms with Crippen LogP contribution < -0.4 is 5.32 Å². The molecule has 0 unspecified atom stereocenters. The monoisotopic (exact) mass is 397 g/mol. The van der Waals surface area contributed by atoms with Crippen LogP contribution in [-0.2, 0) is 21.9 Å². The minimum absolute atomic E-state index is 0.0738. The number of nitrogens with one attached hydrogen (secondary N) is 1. The second kappa shape index (κ2) is 8.18. The van der Waals surface area contributed by atoms with Crippen LogP contribution in [0, 0.1) is 0 Å². The molecule has 0 bridgehead atoms. The van der Waals surface area contributed by atoms with Crippen molar-refractivity contribution in [1.29, 1.82) is 0 Å². The number of hydrogen-bond acceptors (Lipinski definition) is 3. The predicted octanol–water partition coefficient (Wildman–Crippen LogP) is 4.33. The maximum absolute atomic E-state index is 12.8. The molecule has 4 nitrogen and oxygen atoms in total. The number of esters is 1. The summed E-state index contributed by atoms with van der Waals surface area (Å²) in [4.78, 5) is 23.6. The maximum atomic E-state index is 12.8. The Labute approximate surface area is 150 Å². The molecular formula is C17H17F6NO3. The van der Waals surface area contributed by atoms with Gasteiger partial charge < -0.3 is 10.1 Å². The molecule has 0 radical (unpaired) electrons. The molecule has 1 fully saturated rings. The second-order valence-corrected chi connectivity index (χ2v) is 6.27. The first-order chi connectivity index (χ1) is 12.5. The lowest BCUT2D eigenvalue weighted by Gasteiger charge is -2.22. The van der Waals surface area contributed by atoms with E-state index in [1.807, 2.05) is 0 Å². The number of alkyl halides is 6. The van der Waals surface area contributed by atoms with E-state index in [0.717, 1.165) is 32.1 Å². The fraction of sp³-hybridized carbons (Fsp3) is 0.529. The summed E-state index contributed by atoms with van der Waals surface area (Å²) in [6, 6.07) is 0.357. The quantitative estimate of drug-likeness (QED) is 0.608. The number of halogens is 6. The molecule has 0 heterocycles. The van der Waals surface area contributed by atoms with E-state index >= 15 is 0 Å². The number of carbonyl (C=O) groups excluding carboxylic acids is 2. The van der Waals surface area contributed by atoms with Gasteiger partial charge in [-0.25, -0.2) is 4.79 Å². The summed E-state index contributed by atoms with van der Waals surface area (Å²) in [5.74, 6) is -2.09. The Bertz CT molecular complexity index is 661. The summed E-state index contributed by atoms with van der Waals surface area (Å²) < 4.78 is 81.3. The van der Waals surface area contributed by atoms with E-state index in [-0.39, 0.29) is 24.2 Å². The van der Waals surface area contributed by atoms with Crippen LogP contribution in [0.3, 0.4) is 0 Å². The SMILES string of the molecule is O=C(COC(=O)c1cc(C(F)(F)F)cc(C(F)(F)F)c1)NC1CCCCC1. The lowest BCUT2D eigenvalue weighted by atomic mass is 9.95. The Hall–Kier alpha value is -2.26. The molecule has 0 aliphatic heterocycles. The zero-order chi connectivity index (χ0) is 20.2. The van der Waals surface area contributed by atoms with Crippen molar-refractivity contribution in [3.8, 4) is 0 Å². The first kappa shape index (κ1) is 21.0. The summed E-state index contributed by atoms with van der Waals surface area (Å²) in [7, 11) is 0. The van der Waals surface area contributed by atoms with E-state index < -0.39 is 47.5 Å². The number of carbonyl (C=O) groups is 2. The van der Waals surface area contributed by atoms with Gasteiger partial charge in [0.2, 0.25) is 0 Å². The number of hydrogen-bond donors (Lipinski definition) is 1. The average Bonchev–Trinajstić information content (AvgIpc) is 2.58. The van der Waals surface area contributed by atoms with Crippen LogP contribution in [-0.4, -0.2) is 24.5 Å². The van der Waals surface area contributed by atoms with Crippen LogP contribution in [0.1, 0.15) is 53.6 Å². The molecule has 0 aromatic heterocycles. The summed E-state index contributed by atoms with van der Waals surface area (Å²) in [6.45, 7) is -0.785. The Morgan fingerprint density at radius 2 is 1.44 bits per heavy atom. The number of amides is 1. The summed E-state index contributed by atoms with van der Waals surface area (Å²) in [6.07, 6.45) is -5.68. The average molecular weight is 397 g/mol. The normalized spacial score (nSPS) is 16.1. The van der Waals surface area contributed by atoms with Crippen molar-refractivity contribution in [2.24, 2.45) is 0 Å². The molecule has 2 rings (SSSR count). The Kier molecular flexibility index (Phi) is 6.38. The van der Waals surface area contributed by atoms with Gasteiger partial charge in [0.1, 0.15) is 0 Å². The number of ether oxygens (including phenoxy) is 1. The van der Waals surface area contributed by atoms with E-state index in [2.05, 4.69) is 10.1 Å². The van der Waals surface area contributed by atoms with Crippen molar-refractivity contribution in [2.45, 2.75) is 50.5 Å². The molecule has 1 saturated carbocycles. The number of benzene rings is 1. The molecule has 27 heavy (non-hydrogen) atoms. The third-order valence-corrected chi connectivity index (χ3v) is 4.13. The van der Waals surface area contributed by atoms with E-state index in [9.17, 15) is 35.9 Å². The molecular weight excluding hydrogens is 380 g/mol. The van der Waals surface area contributed by atoms with Crippen molar-refractivity contribution in [3.05, 3.63) is 34.9 Å². The molecule has 0 spiro atoms. The molecule has 1 aromatic rings. The summed E-state index contributed by atoms with van der Waals surface area (Å²) >= 11 is 0. The van der Waals surface area contributed by atoms with Gasteiger partial charge in [-0.2, -0.15) is 26.3 Å². The van der Waals surface area contributed by atoms with Crippen molar-refractivity contribution in [3.63, 3.8) is 0 Å². The Morgan fingerprint density at radius 3 is 1.93 bits per heavy atom. The fourth-order valence-corrected chi connectivity index (χ4v) is 2.80. The van der Waals surface area contributed by atoms with Crippen LogP contribution >= 0.6 is 0 Å². The Morgan fingerprint density at radius 1 is 0.926 bits per heavy atom. The first-order valence-electron chi connectivity index (χ1n) is 8.23. The lowest BCUT2D eigenvalue weighted by Crippen LogP contribution is -2.38. The van der Waals surface area contributed by atoms with Gasteiger partial charge in [-0.15, -0.1) is 0 Å². The molecule has 0 saturated heterocycles. The van der Waals surface area contributed by atoms with Gasteiger partial charge in [0.25, 0.3) is 5.91 Å². The van der Waals surface area contributed by atoms with Crippen LogP contribution in [0.25, 0.3) is 0 Å². The third kappa shape index (κ3) is 6.14. The first-order valence-corrected chi connectivity index (χ1v) is 8.23. The second-order valence-electron chi connectivity index (χ2n) is 6.27. The van der Waals surface area contributed by atoms with Crippen molar-refractivity contribution < 1.29 is 40.7 Å². The van der Waals surface area contributed by atoms with E-state index in [0.29, 0.717) is 0 Å². The van der Waals surface area contributed by atoms with Gasteiger partial charge in [0, 0.05) is 6.04 Å². The largest absolute Gasteiger partial charge is 0.452 e. The molecule has 1 amide bonds. The van der Waals surface area contributed by atoms with Gasteiger partial charge in [-0.3, -0.25) is 4.79 Å². The van der Waals surface area contributed by atoms with Crippen molar-refractivity contribution in [1.82, 2.24) is 5.32 Å². The lowest BCUT2D eigenvalue weighted by molar-refractivity contribution is -0.143. The molecule has 0 atom stereocenters. The van der Waals surface area contributed by atoms with Crippen LogP contribution in [0.4, 0.5) is 26.3 Å². The number of rotatable bonds is 4. The summed E-state index contributed by atoms with van der Waals surface area (Å²) in [5, 5.41) is 2.62. The van der Waals surface area contributed by atoms with Crippen LogP contribution in [0.15, 0.2) is 18.2 Å². The standard InChI is InChI=1S/C17H17F6NO3/c18-16(19,20)11-6-10(7-12(8-11)17(21,22)23)15(26)27-9-14(25)24-13-4-2-1-3-5-13/h6-8,13H,1-5,9H2,(H,24,25). The van der Waals surface area contributed by atoms with Crippen molar-refractivity contribution >= 4 is 11.9 Å². The molecule has 1 aliphatic rings. The highest BCUT2D eigenvalue weighted by atomic mass is 19.4. The molecule has 1 N–H and O–H groups in total. The highest BCUT2D eigenvalue weighted by Gasteiger charge is 2.37. The fourth-order valence-electron chi connectivity index (χ4n) is 2.80. The minimum atomic E-state index is -5.07. The van der Waals surface area contributed by atoms with Crippen LogP contribution in [0.5, 0.6) is 0 Å². The van der Waals surface area contributed by atoms with Gasteiger partial charge in [-0.05, 0) is 31.0 Å². The van der Waals surface area contributed by atoms with Crippen molar-refractivity contribution in [2.75, 3.05) is 6.61 Å². The molecule has 10 heteroatoms. The topological polar surface area (TPSA) is 55.4 Å². The smallest absolute Gasteiger partial charge is 0.416 e. The highest BCUT2D eigenvalue weighted by Crippen LogP contribution is 2.36. The minimum Gasteiger partial charge on any atom is -0.452 e.